The van der Waals surface area contributed by atoms with Crippen LogP contribution in [-0.4, -0.2) is 43.1 Å². The van der Waals surface area contributed by atoms with E-state index in [-0.39, 0.29) is 0 Å². The summed E-state index contributed by atoms with van der Waals surface area (Å²) in [5.74, 6) is 1.02. The number of anilines is 1. The van der Waals surface area contributed by atoms with Crippen molar-refractivity contribution in [1.29, 1.82) is 0 Å². The molecule has 17 heavy (non-hydrogen) atoms. The molecule has 1 aromatic heterocycles. The van der Waals surface area contributed by atoms with Gasteiger partial charge in [0.2, 0.25) is 0 Å². The molecule has 1 unspecified atom stereocenters. The molecule has 0 aliphatic rings. The Balaban J connectivity index is 2.62. The number of rotatable bonds is 6. The van der Waals surface area contributed by atoms with Crippen molar-refractivity contribution in [3.63, 3.8) is 0 Å². The van der Waals surface area contributed by atoms with Gasteiger partial charge in [-0.15, -0.1) is 0 Å². The van der Waals surface area contributed by atoms with Gasteiger partial charge in [-0.3, -0.25) is 4.90 Å². The van der Waals surface area contributed by atoms with E-state index in [0.29, 0.717) is 12.6 Å². The van der Waals surface area contributed by atoms with Gasteiger partial charge in [-0.1, -0.05) is 6.07 Å². The highest BCUT2D eigenvalue weighted by Gasteiger charge is 2.08. The van der Waals surface area contributed by atoms with Crippen LogP contribution in [-0.2, 0) is 6.54 Å². The predicted octanol–water partition coefficient (Wildman–Crippen LogP) is 1.32. The average Bonchev–Trinajstić information content (AvgIpc) is 2.37. The first-order valence-corrected chi connectivity index (χ1v) is 6.14. The fourth-order valence-electron chi connectivity index (χ4n) is 1.52. The lowest BCUT2D eigenvalue weighted by Crippen LogP contribution is -2.34. The van der Waals surface area contributed by atoms with Crippen molar-refractivity contribution in [1.82, 2.24) is 9.88 Å². The summed E-state index contributed by atoms with van der Waals surface area (Å²) in [7, 11) is 4.13. The predicted molar refractivity (Wildman–Crippen MR) is 73.2 cm³/mol. The first kappa shape index (κ1) is 13.9. The van der Waals surface area contributed by atoms with Crippen LogP contribution in [0.3, 0.4) is 0 Å². The molecule has 0 aliphatic heterocycles. The van der Waals surface area contributed by atoms with Crippen molar-refractivity contribution in [3.8, 4) is 0 Å². The van der Waals surface area contributed by atoms with E-state index in [2.05, 4.69) is 47.8 Å². The fourth-order valence-corrected chi connectivity index (χ4v) is 1.52. The Morgan fingerprint density at radius 1 is 1.35 bits per heavy atom. The van der Waals surface area contributed by atoms with E-state index in [0.717, 1.165) is 18.9 Å². The van der Waals surface area contributed by atoms with Gasteiger partial charge in [-0.25, -0.2) is 4.98 Å². The normalized spacial score (nSPS) is 12.8. The van der Waals surface area contributed by atoms with Crippen LogP contribution >= 0.6 is 0 Å². The molecule has 0 amide bonds. The zero-order valence-electron chi connectivity index (χ0n) is 11.3. The summed E-state index contributed by atoms with van der Waals surface area (Å²) in [6, 6.07) is 4.60. The molecule has 0 saturated carbocycles. The van der Waals surface area contributed by atoms with Crippen molar-refractivity contribution in [2.75, 3.05) is 32.1 Å². The molecule has 4 heteroatoms. The quantitative estimate of drug-likeness (QED) is 0.809. The number of likely N-dealkylation sites (N-methyl/N-ethyl adjacent to an activating group) is 1. The monoisotopic (exact) mass is 236 g/mol. The molecule has 0 aromatic carbocycles. The topological polar surface area (TPSA) is 45.4 Å². The third-order valence-corrected chi connectivity index (χ3v) is 3.20. The van der Waals surface area contributed by atoms with Crippen molar-refractivity contribution >= 4 is 5.82 Å². The van der Waals surface area contributed by atoms with E-state index in [1.54, 1.807) is 0 Å². The van der Waals surface area contributed by atoms with Gasteiger partial charge in [0.1, 0.15) is 5.82 Å². The number of pyridine rings is 1. The van der Waals surface area contributed by atoms with Crippen LogP contribution < -0.4 is 10.6 Å². The maximum absolute atomic E-state index is 5.64. The van der Waals surface area contributed by atoms with E-state index in [1.165, 1.54) is 5.56 Å². The molecule has 1 rings (SSSR count). The molecule has 2 N–H and O–H groups in total. The van der Waals surface area contributed by atoms with E-state index in [1.807, 2.05) is 13.2 Å². The van der Waals surface area contributed by atoms with Gasteiger partial charge in [-0.05, 0) is 32.5 Å². The standard InChI is InChI=1S/C13H24N4/c1-5-16(3)13-7-6-12(9-15-13)10-17(4)11(2)8-14/h6-7,9,11H,5,8,10,14H2,1-4H3. The van der Waals surface area contributed by atoms with E-state index in [9.17, 15) is 0 Å². The number of nitrogens with zero attached hydrogens (tertiary/aromatic N) is 3. The van der Waals surface area contributed by atoms with E-state index < -0.39 is 0 Å². The van der Waals surface area contributed by atoms with Crippen molar-refractivity contribution in [2.24, 2.45) is 5.73 Å². The highest BCUT2D eigenvalue weighted by molar-refractivity contribution is 5.37. The maximum atomic E-state index is 5.64. The van der Waals surface area contributed by atoms with Crippen molar-refractivity contribution in [2.45, 2.75) is 26.4 Å². The Morgan fingerprint density at radius 3 is 2.53 bits per heavy atom. The second-order valence-corrected chi connectivity index (χ2v) is 4.54. The SMILES string of the molecule is CCN(C)c1ccc(CN(C)C(C)CN)cn1. The summed E-state index contributed by atoms with van der Waals surface area (Å²) < 4.78 is 0. The van der Waals surface area contributed by atoms with Crippen LogP contribution in [0.15, 0.2) is 18.3 Å². The molecule has 1 atom stereocenters. The summed E-state index contributed by atoms with van der Waals surface area (Å²) in [5.41, 5.74) is 6.87. The van der Waals surface area contributed by atoms with Crippen LogP contribution in [0.1, 0.15) is 19.4 Å². The molecule has 0 radical (unpaired) electrons. The summed E-state index contributed by atoms with van der Waals surface area (Å²) >= 11 is 0. The summed E-state index contributed by atoms with van der Waals surface area (Å²) in [4.78, 5) is 8.81. The second kappa shape index (κ2) is 6.57. The van der Waals surface area contributed by atoms with Crippen molar-refractivity contribution in [3.05, 3.63) is 23.9 Å². The fraction of sp³-hybridized carbons (Fsp3) is 0.615. The summed E-state index contributed by atoms with van der Waals surface area (Å²) in [5, 5.41) is 0. The molecule has 0 aliphatic carbocycles. The van der Waals surface area contributed by atoms with Gasteiger partial charge in [0.05, 0.1) is 0 Å². The summed E-state index contributed by atoms with van der Waals surface area (Å²) in [6.45, 7) is 6.79. The lowest BCUT2D eigenvalue weighted by atomic mass is 10.2. The molecule has 1 heterocycles. The van der Waals surface area contributed by atoms with Crippen LogP contribution in [0.5, 0.6) is 0 Å². The average molecular weight is 236 g/mol. The van der Waals surface area contributed by atoms with Crippen LogP contribution in [0.4, 0.5) is 5.82 Å². The Hall–Kier alpha value is -1.13. The molecule has 0 bridgehead atoms. The zero-order valence-corrected chi connectivity index (χ0v) is 11.3. The zero-order chi connectivity index (χ0) is 12.8. The summed E-state index contributed by atoms with van der Waals surface area (Å²) in [6.07, 6.45) is 1.95. The Labute approximate surface area is 104 Å². The van der Waals surface area contributed by atoms with Gasteiger partial charge < -0.3 is 10.6 Å². The number of hydrogen-bond acceptors (Lipinski definition) is 4. The van der Waals surface area contributed by atoms with E-state index >= 15 is 0 Å². The third kappa shape index (κ3) is 3.98. The Bertz CT molecular complexity index is 323. The minimum Gasteiger partial charge on any atom is -0.360 e. The molecule has 0 spiro atoms. The first-order valence-electron chi connectivity index (χ1n) is 6.14. The number of hydrogen-bond donors (Lipinski definition) is 1. The largest absolute Gasteiger partial charge is 0.360 e. The minimum atomic E-state index is 0.396. The maximum Gasteiger partial charge on any atom is 0.128 e. The van der Waals surface area contributed by atoms with Crippen LogP contribution in [0.25, 0.3) is 0 Å². The molecule has 0 fully saturated rings. The lowest BCUT2D eigenvalue weighted by molar-refractivity contribution is 0.254. The van der Waals surface area contributed by atoms with Gasteiger partial charge in [0, 0.05) is 38.9 Å². The minimum absolute atomic E-state index is 0.396. The van der Waals surface area contributed by atoms with Crippen molar-refractivity contribution < 1.29 is 0 Å². The number of aromatic nitrogens is 1. The smallest absolute Gasteiger partial charge is 0.128 e. The van der Waals surface area contributed by atoms with Crippen LogP contribution in [0, 0.1) is 0 Å². The molecule has 0 saturated heterocycles. The molecular formula is C13H24N4. The van der Waals surface area contributed by atoms with Gasteiger partial charge >= 0.3 is 0 Å². The molecule has 4 nitrogen and oxygen atoms in total. The molecular weight excluding hydrogens is 212 g/mol. The number of nitrogens with two attached hydrogens (primary N) is 1. The van der Waals surface area contributed by atoms with Gasteiger partial charge in [0.15, 0.2) is 0 Å². The Morgan fingerprint density at radius 2 is 2.06 bits per heavy atom. The second-order valence-electron chi connectivity index (χ2n) is 4.54. The Kier molecular flexibility index (Phi) is 5.38. The molecule has 1 aromatic rings. The molecule has 96 valence electrons. The first-order chi connectivity index (χ1) is 8.08. The van der Waals surface area contributed by atoms with Gasteiger partial charge in [-0.2, -0.15) is 0 Å². The van der Waals surface area contributed by atoms with Gasteiger partial charge in [0.25, 0.3) is 0 Å². The highest BCUT2D eigenvalue weighted by Crippen LogP contribution is 2.11. The van der Waals surface area contributed by atoms with Crippen LogP contribution in [0.2, 0.25) is 0 Å². The third-order valence-electron chi connectivity index (χ3n) is 3.20. The highest BCUT2D eigenvalue weighted by atomic mass is 15.2. The lowest BCUT2D eigenvalue weighted by Gasteiger charge is -2.23. The van der Waals surface area contributed by atoms with E-state index in [4.69, 9.17) is 5.73 Å².